The van der Waals surface area contributed by atoms with Crippen molar-refractivity contribution in [2.45, 2.75) is 13.0 Å². The quantitative estimate of drug-likeness (QED) is 0.718. The number of hydrogen-bond acceptors (Lipinski definition) is 4. The van der Waals surface area contributed by atoms with E-state index in [9.17, 15) is 14.7 Å². The lowest BCUT2D eigenvalue weighted by atomic mass is 10.1. The van der Waals surface area contributed by atoms with E-state index in [2.05, 4.69) is 20.9 Å². The average Bonchev–Trinajstić information content (AvgIpc) is 2.57. The predicted molar refractivity (Wildman–Crippen MR) is 92.6 cm³/mol. The number of hydrogen-bond donors (Lipinski definition) is 2. The molecule has 0 bridgehead atoms. The average molecular weight is 389 g/mol. The summed E-state index contributed by atoms with van der Waals surface area (Å²) < 4.78 is 1.71. The summed E-state index contributed by atoms with van der Waals surface area (Å²) in [6.45, 7) is 1.85. The Hall–Kier alpha value is -2.67. The van der Waals surface area contributed by atoms with Crippen molar-refractivity contribution in [1.82, 2.24) is 9.55 Å². The summed E-state index contributed by atoms with van der Waals surface area (Å²) in [6.07, 6.45) is 1.30. The summed E-state index contributed by atoms with van der Waals surface area (Å²) in [5.41, 5.74) is 0.526. The molecule has 7 heteroatoms. The Labute approximate surface area is 145 Å². The number of aromatic nitrogens is 2. The van der Waals surface area contributed by atoms with Gasteiger partial charge < -0.3 is 10.2 Å². The van der Waals surface area contributed by atoms with Crippen LogP contribution in [0, 0.1) is 0 Å². The van der Waals surface area contributed by atoms with Gasteiger partial charge in [0.15, 0.2) is 11.4 Å². The third-order valence-corrected chi connectivity index (χ3v) is 4.46. The Kier molecular flexibility index (Phi) is 4.11. The lowest BCUT2D eigenvalue weighted by molar-refractivity contribution is 0.0687. The van der Waals surface area contributed by atoms with Crippen LogP contribution in [0.5, 0.6) is 5.75 Å². The van der Waals surface area contributed by atoms with Crippen LogP contribution in [0.2, 0.25) is 0 Å². The number of nitrogens with zero attached hydrogens (tertiary/aromatic N) is 2. The van der Waals surface area contributed by atoms with E-state index in [0.717, 1.165) is 5.56 Å². The van der Waals surface area contributed by atoms with Crippen molar-refractivity contribution < 1.29 is 15.0 Å². The third kappa shape index (κ3) is 2.56. The molecule has 2 N–H and O–H groups in total. The Morgan fingerprint density at radius 1 is 1.29 bits per heavy atom. The molecule has 0 aliphatic carbocycles. The van der Waals surface area contributed by atoms with Crippen molar-refractivity contribution >= 4 is 32.8 Å². The van der Waals surface area contributed by atoms with Crippen molar-refractivity contribution in [1.29, 1.82) is 0 Å². The second-order valence-corrected chi connectivity index (χ2v) is 6.17. The van der Waals surface area contributed by atoms with E-state index in [1.807, 2.05) is 37.3 Å². The molecule has 1 atom stereocenters. The summed E-state index contributed by atoms with van der Waals surface area (Å²) in [6, 6.07) is 10.5. The van der Waals surface area contributed by atoms with Crippen LogP contribution < -0.4 is 5.56 Å². The molecule has 0 spiro atoms. The van der Waals surface area contributed by atoms with Gasteiger partial charge in [-0.3, -0.25) is 9.36 Å². The third-order valence-electron chi connectivity index (χ3n) is 3.90. The molecule has 3 aromatic rings. The van der Waals surface area contributed by atoms with Crippen LogP contribution in [-0.4, -0.2) is 25.7 Å². The number of halogens is 1. The molecule has 2 aromatic heterocycles. The lowest BCUT2D eigenvalue weighted by Gasteiger charge is -2.19. The second kappa shape index (κ2) is 6.09. The minimum absolute atomic E-state index is 0.232. The number of carbonyl (C=O) groups is 1. The summed E-state index contributed by atoms with van der Waals surface area (Å²) in [5, 5.41) is 19.6. The van der Waals surface area contributed by atoms with Crippen molar-refractivity contribution in [3.8, 4) is 5.75 Å². The number of aromatic hydroxyl groups is 1. The molecule has 0 unspecified atom stereocenters. The van der Waals surface area contributed by atoms with Gasteiger partial charge >= 0.3 is 5.97 Å². The zero-order valence-corrected chi connectivity index (χ0v) is 14.2. The fourth-order valence-electron chi connectivity index (χ4n) is 2.67. The van der Waals surface area contributed by atoms with Gasteiger partial charge in [-0.15, -0.1) is 0 Å². The van der Waals surface area contributed by atoms with E-state index in [1.165, 1.54) is 16.8 Å². The van der Waals surface area contributed by atoms with Gasteiger partial charge in [-0.1, -0.05) is 30.3 Å². The number of benzene rings is 1. The number of rotatable bonds is 3. The molecular weight excluding hydrogens is 376 g/mol. The Balaban J connectivity index is 2.35. The summed E-state index contributed by atoms with van der Waals surface area (Å²) in [4.78, 5) is 27.6. The van der Waals surface area contributed by atoms with Crippen LogP contribution in [0.3, 0.4) is 0 Å². The first-order valence-electron chi connectivity index (χ1n) is 7.12. The molecule has 0 saturated heterocycles. The molecule has 1 aromatic carbocycles. The summed E-state index contributed by atoms with van der Waals surface area (Å²) >= 11 is 3.19. The molecule has 0 aliphatic heterocycles. The highest BCUT2D eigenvalue weighted by Gasteiger charge is 2.20. The number of fused-ring (bicyclic) bond motifs is 1. The Morgan fingerprint density at radius 2 is 1.96 bits per heavy atom. The van der Waals surface area contributed by atoms with Crippen LogP contribution >= 0.6 is 15.9 Å². The molecule has 24 heavy (non-hydrogen) atoms. The molecule has 2 heterocycles. The first-order valence-corrected chi connectivity index (χ1v) is 7.92. The first-order chi connectivity index (χ1) is 11.4. The molecule has 3 rings (SSSR count). The fourth-order valence-corrected chi connectivity index (χ4v) is 3.09. The van der Waals surface area contributed by atoms with Crippen molar-refractivity contribution in [3.63, 3.8) is 0 Å². The molecule has 0 saturated carbocycles. The van der Waals surface area contributed by atoms with Gasteiger partial charge in [0, 0.05) is 5.39 Å². The maximum absolute atomic E-state index is 12.6. The standard InChI is InChI=1S/C17H13BrN2O4/c1-9(10-5-3-2-4-6-10)20-13-8-19-14(17(23)24)15(21)11(13)7-12(18)16(20)22/h2-9,21H,1H3,(H,23,24)/t9-/m1/s1. The van der Waals surface area contributed by atoms with Crippen molar-refractivity contribution in [2.24, 2.45) is 0 Å². The van der Waals surface area contributed by atoms with E-state index in [1.54, 1.807) is 0 Å². The molecule has 0 fully saturated rings. The predicted octanol–water partition coefficient (Wildman–Crippen LogP) is 3.17. The van der Waals surface area contributed by atoms with Crippen LogP contribution in [0.25, 0.3) is 10.9 Å². The first kappa shape index (κ1) is 16.2. The highest BCUT2D eigenvalue weighted by atomic mass is 79.9. The second-order valence-electron chi connectivity index (χ2n) is 5.31. The van der Waals surface area contributed by atoms with Gasteiger partial charge in [-0.2, -0.15) is 0 Å². The van der Waals surface area contributed by atoms with E-state index < -0.39 is 17.4 Å². The monoisotopic (exact) mass is 388 g/mol. The van der Waals surface area contributed by atoms with Crippen LogP contribution in [0.15, 0.2) is 51.9 Å². The van der Waals surface area contributed by atoms with Gasteiger partial charge in [-0.25, -0.2) is 9.78 Å². The SMILES string of the molecule is C[C@H](c1ccccc1)n1c(=O)c(Br)cc2c(O)c(C(=O)O)ncc21. The topological polar surface area (TPSA) is 92.4 Å². The van der Waals surface area contributed by atoms with Gasteiger partial charge in [-0.05, 0) is 34.5 Å². The molecule has 0 aliphatic rings. The molecule has 122 valence electrons. The van der Waals surface area contributed by atoms with E-state index in [-0.39, 0.29) is 21.5 Å². The van der Waals surface area contributed by atoms with Gasteiger partial charge in [0.1, 0.15) is 0 Å². The lowest BCUT2D eigenvalue weighted by Crippen LogP contribution is -2.25. The number of pyridine rings is 2. The summed E-state index contributed by atoms with van der Waals surface area (Å²) in [7, 11) is 0. The van der Waals surface area contributed by atoms with Gasteiger partial charge in [0.2, 0.25) is 0 Å². The molecule has 6 nitrogen and oxygen atoms in total. The van der Waals surface area contributed by atoms with E-state index in [0.29, 0.717) is 5.52 Å². The van der Waals surface area contributed by atoms with Crippen molar-refractivity contribution in [2.75, 3.05) is 0 Å². The maximum Gasteiger partial charge on any atom is 0.358 e. The van der Waals surface area contributed by atoms with Crippen molar-refractivity contribution in [3.05, 3.63) is 68.7 Å². The number of carboxylic acid groups (broad SMARTS) is 1. The van der Waals surface area contributed by atoms with Gasteiger partial charge in [0.25, 0.3) is 5.56 Å². The highest BCUT2D eigenvalue weighted by molar-refractivity contribution is 9.10. The van der Waals surface area contributed by atoms with Crippen LogP contribution in [0.4, 0.5) is 0 Å². The van der Waals surface area contributed by atoms with Crippen LogP contribution in [0.1, 0.15) is 29.0 Å². The maximum atomic E-state index is 12.6. The van der Waals surface area contributed by atoms with E-state index in [4.69, 9.17) is 5.11 Å². The summed E-state index contributed by atoms with van der Waals surface area (Å²) in [5.74, 6) is -1.80. The largest absolute Gasteiger partial charge is 0.505 e. The fraction of sp³-hybridized carbons (Fsp3) is 0.118. The van der Waals surface area contributed by atoms with Crippen LogP contribution in [-0.2, 0) is 0 Å². The number of aromatic carboxylic acids is 1. The molecular formula is C17H13BrN2O4. The normalized spacial score (nSPS) is 12.2. The van der Waals surface area contributed by atoms with E-state index >= 15 is 0 Å². The molecule has 0 amide bonds. The minimum atomic E-state index is -1.33. The number of carboxylic acids is 1. The minimum Gasteiger partial charge on any atom is -0.505 e. The highest BCUT2D eigenvalue weighted by Crippen LogP contribution is 2.30. The molecule has 0 radical (unpaired) electrons. The Morgan fingerprint density at radius 3 is 2.58 bits per heavy atom. The van der Waals surface area contributed by atoms with Gasteiger partial charge in [0.05, 0.1) is 22.2 Å². The zero-order chi connectivity index (χ0) is 17.4. The smallest absolute Gasteiger partial charge is 0.358 e. The zero-order valence-electron chi connectivity index (χ0n) is 12.6. The Bertz CT molecular complexity index is 999.